The van der Waals surface area contributed by atoms with Gasteiger partial charge in [-0.15, -0.1) is 0 Å². The first-order chi connectivity index (χ1) is 6.83. The molecule has 0 aliphatic carbocycles. The van der Waals surface area contributed by atoms with E-state index in [9.17, 15) is 0 Å². The molecule has 1 heteroatoms. The van der Waals surface area contributed by atoms with E-state index in [1.807, 2.05) is 0 Å². The van der Waals surface area contributed by atoms with Gasteiger partial charge in [0, 0.05) is 12.6 Å². The number of benzene rings is 1. The topological polar surface area (TPSA) is 12.0 Å². The highest BCUT2D eigenvalue weighted by Crippen LogP contribution is 2.32. The molecule has 1 heterocycles. The maximum atomic E-state index is 3.57. The maximum absolute atomic E-state index is 3.57. The summed E-state index contributed by atoms with van der Waals surface area (Å²) in [7, 11) is 0. The molecule has 1 aromatic carbocycles. The molecule has 1 aliphatic heterocycles. The van der Waals surface area contributed by atoms with Gasteiger partial charge in [-0.1, -0.05) is 37.6 Å². The summed E-state index contributed by atoms with van der Waals surface area (Å²) in [5, 5.41) is 3.57. The minimum Gasteiger partial charge on any atom is -0.310 e. The van der Waals surface area contributed by atoms with E-state index in [1.165, 1.54) is 18.4 Å². The van der Waals surface area contributed by atoms with Crippen molar-refractivity contribution >= 4 is 0 Å². The van der Waals surface area contributed by atoms with Crippen molar-refractivity contribution in [3.8, 4) is 0 Å². The van der Waals surface area contributed by atoms with Gasteiger partial charge >= 0.3 is 0 Å². The molecular formula is C13H19N. The Morgan fingerprint density at radius 2 is 2.00 bits per heavy atom. The molecule has 76 valence electrons. The molecule has 14 heavy (non-hydrogen) atoms. The van der Waals surface area contributed by atoms with Crippen LogP contribution in [-0.2, 0) is 0 Å². The molecule has 0 saturated heterocycles. The van der Waals surface area contributed by atoms with Crippen LogP contribution in [0.1, 0.15) is 49.8 Å². The molecule has 1 nitrogen and oxygen atoms in total. The molecule has 0 amide bonds. The van der Waals surface area contributed by atoms with Crippen molar-refractivity contribution in [1.82, 2.24) is 5.32 Å². The third-order valence-corrected chi connectivity index (χ3v) is 3.21. The Kier molecular flexibility index (Phi) is 2.87. The highest BCUT2D eigenvalue weighted by Gasteiger charge is 2.22. The monoisotopic (exact) mass is 189 g/mol. The van der Waals surface area contributed by atoms with E-state index in [0.29, 0.717) is 6.04 Å². The molecule has 0 bridgehead atoms. The lowest BCUT2D eigenvalue weighted by Crippen LogP contribution is -2.31. The summed E-state index contributed by atoms with van der Waals surface area (Å²) in [5.74, 6) is 0.729. The van der Waals surface area contributed by atoms with Crippen LogP contribution in [0.25, 0.3) is 0 Å². The molecule has 1 aliphatic rings. The van der Waals surface area contributed by atoms with Crippen LogP contribution < -0.4 is 5.32 Å². The van der Waals surface area contributed by atoms with Crippen LogP contribution in [0.2, 0.25) is 0 Å². The number of rotatable bonds is 2. The number of hydrogen-bond donors (Lipinski definition) is 1. The van der Waals surface area contributed by atoms with Gasteiger partial charge < -0.3 is 5.32 Å². The van der Waals surface area contributed by atoms with Crippen LogP contribution in [0.3, 0.4) is 0 Å². The van der Waals surface area contributed by atoms with Crippen molar-refractivity contribution in [2.24, 2.45) is 0 Å². The first-order valence-corrected chi connectivity index (χ1v) is 5.65. The molecule has 0 fully saturated rings. The molecule has 0 saturated carbocycles. The fourth-order valence-electron chi connectivity index (χ4n) is 2.42. The Morgan fingerprint density at radius 1 is 1.29 bits per heavy atom. The second-order valence-electron chi connectivity index (χ2n) is 4.24. The molecular weight excluding hydrogens is 170 g/mol. The standard InChI is InChI=1S/C13H19N/c1-3-6-11-9-14-10(2)12-7-4-5-8-13(11)12/h4-5,7-8,10-11,14H,3,6,9H2,1-2H3. The van der Waals surface area contributed by atoms with E-state index in [4.69, 9.17) is 0 Å². The van der Waals surface area contributed by atoms with E-state index in [2.05, 4.69) is 43.4 Å². The predicted octanol–water partition coefficient (Wildman–Crippen LogP) is 3.23. The third kappa shape index (κ3) is 1.69. The van der Waals surface area contributed by atoms with Gasteiger partial charge in [0.15, 0.2) is 0 Å². The minimum atomic E-state index is 0.527. The quantitative estimate of drug-likeness (QED) is 0.753. The average Bonchev–Trinajstić information content (AvgIpc) is 2.23. The van der Waals surface area contributed by atoms with Gasteiger partial charge in [0.05, 0.1) is 0 Å². The molecule has 1 aromatic rings. The first kappa shape index (κ1) is 9.72. The van der Waals surface area contributed by atoms with Crippen LogP contribution >= 0.6 is 0 Å². The Hall–Kier alpha value is -0.820. The average molecular weight is 189 g/mol. The summed E-state index contributed by atoms with van der Waals surface area (Å²) >= 11 is 0. The molecule has 0 spiro atoms. The van der Waals surface area contributed by atoms with Crippen molar-refractivity contribution in [2.75, 3.05) is 6.54 Å². The van der Waals surface area contributed by atoms with Crippen molar-refractivity contribution in [1.29, 1.82) is 0 Å². The molecule has 0 aromatic heterocycles. The first-order valence-electron chi connectivity index (χ1n) is 5.65. The zero-order valence-corrected chi connectivity index (χ0v) is 9.09. The van der Waals surface area contributed by atoms with Gasteiger partial charge in [0.1, 0.15) is 0 Å². The van der Waals surface area contributed by atoms with E-state index in [0.717, 1.165) is 12.5 Å². The summed E-state index contributed by atoms with van der Waals surface area (Å²) < 4.78 is 0. The lowest BCUT2D eigenvalue weighted by Gasteiger charge is -2.30. The van der Waals surface area contributed by atoms with Crippen molar-refractivity contribution < 1.29 is 0 Å². The number of nitrogens with one attached hydrogen (secondary N) is 1. The van der Waals surface area contributed by atoms with Crippen LogP contribution in [0.4, 0.5) is 0 Å². The molecule has 2 atom stereocenters. The Labute approximate surface area is 86.5 Å². The fraction of sp³-hybridized carbons (Fsp3) is 0.538. The minimum absolute atomic E-state index is 0.527. The number of hydrogen-bond acceptors (Lipinski definition) is 1. The second-order valence-corrected chi connectivity index (χ2v) is 4.24. The summed E-state index contributed by atoms with van der Waals surface area (Å²) in [6.45, 7) is 5.66. The van der Waals surface area contributed by atoms with Crippen LogP contribution in [0, 0.1) is 0 Å². The van der Waals surface area contributed by atoms with Gasteiger partial charge in [0.2, 0.25) is 0 Å². The summed E-state index contributed by atoms with van der Waals surface area (Å²) in [5.41, 5.74) is 3.07. The maximum Gasteiger partial charge on any atom is 0.0294 e. The molecule has 2 unspecified atom stereocenters. The third-order valence-electron chi connectivity index (χ3n) is 3.21. The lowest BCUT2D eigenvalue weighted by molar-refractivity contribution is 0.457. The van der Waals surface area contributed by atoms with E-state index >= 15 is 0 Å². The Balaban J connectivity index is 2.31. The largest absolute Gasteiger partial charge is 0.310 e. The zero-order chi connectivity index (χ0) is 9.97. The molecule has 2 rings (SSSR count). The normalized spacial score (nSPS) is 25.9. The van der Waals surface area contributed by atoms with Gasteiger partial charge in [0.25, 0.3) is 0 Å². The lowest BCUT2D eigenvalue weighted by atomic mass is 9.85. The van der Waals surface area contributed by atoms with Crippen LogP contribution in [0.5, 0.6) is 0 Å². The second kappa shape index (κ2) is 4.14. The summed E-state index contributed by atoms with van der Waals surface area (Å²) in [6, 6.07) is 9.39. The highest BCUT2D eigenvalue weighted by atomic mass is 14.9. The van der Waals surface area contributed by atoms with Crippen molar-refractivity contribution in [2.45, 2.75) is 38.6 Å². The zero-order valence-electron chi connectivity index (χ0n) is 9.09. The van der Waals surface area contributed by atoms with Gasteiger partial charge in [-0.05, 0) is 30.4 Å². The Morgan fingerprint density at radius 3 is 2.71 bits per heavy atom. The van der Waals surface area contributed by atoms with Crippen LogP contribution in [-0.4, -0.2) is 6.54 Å². The molecule has 0 radical (unpaired) electrons. The SMILES string of the molecule is CCCC1CNC(C)c2ccccc21. The van der Waals surface area contributed by atoms with E-state index < -0.39 is 0 Å². The van der Waals surface area contributed by atoms with Gasteiger partial charge in [-0.2, -0.15) is 0 Å². The van der Waals surface area contributed by atoms with Gasteiger partial charge in [-0.25, -0.2) is 0 Å². The van der Waals surface area contributed by atoms with Crippen molar-refractivity contribution in [3.63, 3.8) is 0 Å². The van der Waals surface area contributed by atoms with Gasteiger partial charge in [-0.3, -0.25) is 0 Å². The van der Waals surface area contributed by atoms with E-state index in [-0.39, 0.29) is 0 Å². The smallest absolute Gasteiger partial charge is 0.0294 e. The van der Waals surface area contributed by atoms with E-state index in [1.54, 1.807) is 5.56 Å². The molecule has 1 N–H and O–H groups in total. The highest BCUT2D eigenvalue weighted by molar-refractivity contribution is 5.35. The van der Waals surface area contributed by atoms with Crippen molar-refractivity contribution in [3.05, 3.63) is 35.4 Å². The summed E-state index contributed by atoms with van der Waals surface area (Å²) in [4.78, 5) is 0. The number of fused-ring (bicyclic) bond motifs is 1. The fourth-order valence-corrected chi connectivity index (χ4v) is 2.42. The summed E-state index contributed by atoms with van der Waals surface area (Å²) in [6.07, 6.45) is 2.58. The Bertz CT molecular complexity index is 306. The van der Waals surface area contributed by atoms with Crippen LogP contribution in [0.15, 0.2) is 24.3 Å². The predicted molar refractivity (Wildman–Crippen MR) is 60.5 cm³/mol.